The molecule has 0 aliphatic carbocycles. The maximum absolute atomic E-state index is 12.5. The Kier molecular flexibility index (Phi) is 6.03. The predicted molar refractivity (Wildman–Crippen MR) is 81.0 cm³/mol. The Morgan fingerprint density at radius 3 is 2.33 bits per heavy atom. The molecule has 2 aliphatic heterocycles. The lowest BCUT2D eigenvalue weighted by atomic mass is 9.91. The number of rotatable bonds is 6. The summed E-state index contributed by atoms with van der Waals surface area (Å²) in [5.41, 5.74) is 0. The van der Waals surface area contributed by atoms with Crippen molar-refractivity contribution >= 4 is 11.9 Å². The van der Waals surface area contributed by atoms with Gasteiger partial charge in [0.05, 0.1) is 0 Å². The topological polar surface area (TPSA) is 60.9 Å². The van der Waals surface area contributed by atoms with Crippen LogP contribution in [0.4, 0.5) is 0 Å². The number of carboxylic acids is 1. The van der Waals surface area contributed by atoms with Crippen molar-refractivity contribution in [2.75, 3.05) is 32.7 Å². The van der Waals surface area contributed by atoms with Gasteiger partial charge in [-0.05, 0) is 51.1 Å². The van der Waals surface area contributed by atoms with Crippen LogP contribution in [0.1, 0.15) is 45.4 Å². The largest absolute Gasteiger partial charge is 0.481 e. The minimum atomic E-state index is -0.715. The fourth-order valence-corrected chi connectivity index (χ4v) is 3.51. The first-order valence-electron chi connectivity index (χ1n) is 8.29. The number of carbonyl (C=O) groups excluding carboxylic acids is 1. The van der Waals surface area contributed by atoms with Crippen LogP contribution in [0.3, 0.4) is 0 Å². The van der Waals surface area contributed by atoms with Gasteiger partial charge in [-0.3, -0.25) is 9.59 Å². The van der Waals surface area contributed by atoms with E-state index in [1.165, 1.54) is 12.8 Å². The Hall–Kier alpha value is -1.10. The molecule has 2 heterocycles. The van der Waals surface area contributed by atoms with Gasteiger partial charge in [-0.15, -0.1) is 0 Å². The van der Waals surface area contributed by atoms with Crippen LogP contribution < -0.4 is 0 Å². The van der Waals surface area contributed by atoms with E-state index in [1.807, 2.05) is 11.8 Å². The zero-order valence-corrected chi connectivity index (χ0v) is 13.1. The van der Waals surface area contributed by atoms with Crippen molar-refractivity contribution in [1.82, 2.24) is 9.80 Å². The summed E-state index contributed by atoms with van der Waals surface area (Å²) in [6, 6.07) is 0. The van der Waals surface area contributed by atoms with Gasteiger partial charge < -0.3 is 14.9 Å². The third-order valence-electron chi connectivity index (χ3n) is 4.84. The van der Waals surface area contributed by atoms with Crippen LogP contribution in [0, 0.1) is 11.8 Å². The average molecular weight is 296 g/mol. The first-order valence-corrected chi connectivity index (χ1v) is 8.29. The normalized spacial score (nSPS) is 22.4. The van der Waals surface area contributed by atoms with Crippen molar-refractivity contribution < 1.29 is 14.7 Å². The Bertz CT molecular complexity index is 359. The number of hydrogen-bond acceptors (Lipinski definition) is 3. The Morgan fingerprint density at radius 2 is 1.76 bits per heavy atom. The average Bonchev–Trinajstić information content (AvgIpc) is 2.97. The highest BCUT2D eigenvalue weighted by atomic mass is 16.4. The molecule has 1 amide bonds. The molecule has 120 valence electrons. The number of piperidine rings is 1. The van der Waals surface area contributed by atoms with Gasteiger partial charge in [0.1, 0.15) is 0 Å². The van der Waals surface area contributed by atoms with Crippen LogP contribution >= 0.6 is 0 Å². The molecule has 0 spiro atoms. The fraction of sp³-hybridized carbons (Fsp3) is 0.875. The van der Waals surface area contributed by atoms with Gasteiger partial charge in [-0.2, -0.15) is 0 Å². The summed E-state index contributed by atoms with van der Waals surface area (Å²) in [4.78, 5) is 27.4. The molecular formula is C16H28N2O3. The maximum atomic E-state index is 12.5. The lowest BCUT2D eigenvalue weighted by molar-refractivity contribution is -0.139. The summed E-state index contributed by atoms with van der Waals surface area (Å²) in [5, 5.41) is 8.72. The number of nitrogens with zero attached hydrogens (tertiary/aromatic N) is 2. The zero-order valence-electron chi connectivity index (χ0n) is 13.1. The third-order valence-corrected chi connectivity index (χ3v) is 4.84. The summed E-state index contributed by atoms with van der Waals surface area (Å²) in [6.45, 7) is 6.79. The van der Waals surface area contributed by atoms with E-state index in [0.717, 1.165) is 52.0 Å². The second kappa shape index (κ2) is 7.78. The molecule has 1 atom stereocenters. The van der Waals surface area contributed by atoms with Crippen LogP contribution in [0.25, 0.3) is 0 Å². The molecule has 21 heavy (non-hydrogen) atoms. The highest BCUT2D eigenvalue weighted by molar-refractivity contribution is 5.78. The second-order valence-corrected chi connectivity index (χ2v) is 6.61. The van der Waals surface area contributed by atoms with Crippen molar-refractivity contribution in [2.24, 2.45) is 11.8 Å². The number of aliphatic carboxylic acids is 1. The van der Waals surface area contributed by atoms with Crippen LogP contribution in [0.5, 0.6) is 0 Å². The number of carboxylic acid groups (broad SMARTS) is 1. The van der Waals surface area contributed by atoms with E-state index in [9.17, 15) is 9.59 Å². The van der Waals surface area contributed by atoms with Gasteiger partial charge in [-0.25, -0.2) is 0 Å². The van der Waals surface area contributed by atoms with Crippen molar-refractivity contribution in [3.8, 4) is 0 Å². The van der Waals surface area contributed by atoms with E-state index in [2.05, 4.69) is 4.90 Å². The van der Waals surface area contributed by atoms with Crippen molar-refractivity contribution in [2.45, 2.75) is 45.4 Å². The van der Waals surface area contributed by atoms with Gasteiger partial charge in [-0.1, -0.05) is 6.92 Å². The van der Waals surface area contributed by atoms with E-state index < -0.39 is 5.97 Å². The molecule has 0 aromatic carbocycles. The molecule has 5 nitrogen and oxygen atoms in total. The van der Waals surface area contributed by atoms with Crippen LogP contribution in [-0.2, 0) is 9.59 Å². The molecule has 2 saturated heterocycles. The smallest absolute Gasteiger partial charge is 0.303 e. The SMILES string of the molecule is CC(CN1CCCC1)C(=O)N1CCC(CCC(=O)O)CC1. The lowest BCUT2D eigenvalue weighted by Crippen LogP contribution is -2.43. The molecule has 0 bridgehead atoms. The molecule has 1 N–H and O–H groups in total. The van der Waals surface area contributed by atoms with E-state index in [-0.39, 0.29) is 18.2 Å². The predicted octanol–water partition coefficient (Wildman–Crippen LogP) is 1.82. The van der Waals surface area contributed by atoms with Crippen molar-refractivity contribution in [3.05, 3.63) is 0 Å². The third kappa shape index (κ3) is 4.99. The van der Waals surface area contributed by atoms with Crippen molar-refractivity contribution in [3.63, 3.8) is 0 Å². The molecule has 1 unspecified atom stereocenters. The fourth-order valence-electron chi connectivity index (χ4n) is 3.51. The molecular weight excluding hydrogens is 268 g/mol. The summed E-state index contributed by atoms with van der Waals surface area (Å²) in [5.74, 6) is 0.115. The van der Waals surface area contributed by atoms with E-state index >= 15 is 0 Å². The van der Waals surface area contributed by atoms with E-state index in [0.29, 0.717) is 5.92 Å². The minimum absolute atomic E-state index is 0.0821. The monoisotopic (exact) mass is 296 g/mol. The highest BCUT2D eigenvalue weighted by Crippen LogP contribution is 2.23. The van der Waals surface area contributed by atoms with Gasteiger partial charge in [0.15, 0.2) is 0 Å². The summed E-state index contributed by atoms with van der Waals surface area (Å²) in [6.07, 6.45) is 5.43. The Morgan fingerprint density at radius 1 is 1.14 bits per heavy atom. The number of carbonyl (C=O) groups is 2. The molecule has 0 aromatic heterocycles. The minimum Gasteiger partial charge on any atom is -0.481 e. The summed E-state index contributed by atoms with van der Waals surface area (Å²) >= 11 is 0. The number of amides is 1. The summed E-state index contributed by atoms with van der Waals surface area (Å²) in [7, 11) is 0. The molecule has 2 fully saturated rings. The second-order valence-electron chi connectivity index (χ2n) is 6.61. The number of hydrogen-bond donors (Lipinski definition) is 1. The molecule has 0 saturated carbocycles. The molecule has 5 heteroatoms. The maximum Gasteiger partial charge on any atom is 0.303 e. The van der Waals surface area contributed by atoms with Gasteiger partial charge in [0, 0.05) is 32.0 Å². The van der Waals surface area contributed by atoms with Gasteiger partial charge in [0.2, 0.25) is 5.91 Å². The summed E-state index contributed by atoms with van der Waals surface area (Å²) < 4.78 is 0. The Balaban J connectivity index is 1.70. The zero-order chi connectivity index (χ0) is 15.2. The van der Waals surface area contributed by atoms with Gasteiger partial charge in [0.25, 0.3) is 0 Å². The Labute approximate surface area is 127 Å². The molecule has 0 aromatic rings. The molecule has 2 rings (SSSR count). The lowest BCUT2D eigenvalue weighted by Gasteiger charge is -2.34. The van der Waals surface area contributed by atoms with E-state index in [1.54, 1.807) is 0 Å². The molecule has 0 radical (unpaired) electrons. The van der Waals surface area contributed by atoms with Crippen LogP contribution in [0.2, 0.25) is 0 Å². The van der Waals surface area contributed by atoms with Crippen LogP contribution in [0.15, 0.2) is 0 Å². The number of likely N-dealkylation sites (tertiary alicyclic amines) is 2. The van der Waals surface area contributed by atoms with Gasteiger partial charge >= 0.3 is 5.97 Å². The first-order chi connectivity index (χ1) is 10.1. The van der Waals surface area contributed by atoms with Crippen LogP contribution in [-0.4, -0.2) is 59.5 Å². The first kappa shape index (κ1) is 16.3. The van der Waals surface area contributed by atoms with Crippen molar-refractivity contribution in [1.29, 1.82) is 0 Å². The van der Waals surface area contributed by atoms with E-state index in [4.69, 9.17) is 5.11 Å². The molecule has 2 aliphatic rings. The highest BCUT2D eigenvalue weighted by Gasteiger charge is 2.27. The standard InChI is InChI=1S/C16H28N2O3/c1-13(12-17-8-2-3-9-17)16(21)18-10-6-14(7-11-18)4-5-15(19)20/h13-14H,2-12H2,1H3,(H,19,20). The quantitative estimate of drug-likeness (QED) is 0.812.